The normalized spacial score (nSPS) is 13.3. The number of hydrogen-bond donors (Lipinski definition) is 2. The molecule has 3 heterocycles. The van der Waals surface area contributed by atoms with Gasteiger partial charge in [0.05, 0.1) is 5.56 Å². The number of anilines is 1. The number of carbonyl (C=O) groups is 1. The van der Waals surface area contributed by atoms with Gasteiger partial charge in [0, 0.05) is 42.9 Å². The van der Waals surface area contributed by atoms with Crippen LogP contribution in [0.15, 0.2) is 73.1 Å². The largest absolute Gasteiger partial charge is 0.370 e. The minimum absolute atomic E-state index is 0.0438. The van der Waals surface area contributed by atoms with Gasteiger partial charge in [-0.2, -0.15) is 0 Å². The summed E-state index contributed by atoms with van der Waals surface area (Å²) in [5, 5.41) is 4.62. The smallest absolute Gasteiger partial charge is 0.255 e. The van der Waals surface area contributed by atoms with Crippen LogP contribution in [0, 0.1) is 0 Å². The third kappa shape index (κ3) is 3.66. The Morgan fingerprint density at radius 3 is 2.73 bits per heavy atom. The highest BCUT2D eigenvalue weighted by Crippen LogP contribution is 2.21. The Kier molecular flexibility index (Phi) is 4.93. The molecule has 0 saturated heterocycles. The Hall–Kier alpha value is -3.60. The summed E-state index contributed by atoms with van der Waals surface area (Å²) in [4.78, 5) is 22.5. The lowest BCUT2D eigenvalue weighted by Gasteiger charge is -2.28. The number of aromatic amines is 1. The second-order valence-electron chi connectivity index (χ2n) is 7.71. The molecule has 0 atom stereocenters. The van der Waals surface area contributed by atoms with Crippen LogP contribution in [-0.4, -0.2) is 33.9 Å². The summed E-state index contributed by atoms with van der Waals surface area (Å²) >= 11 is 0. The fraction of sp³-hybridized carbons (Fsp3) is 0.200. The van der Waals surface area contributed by atoms with E-state index in [1.165, 1.54) is 22.1 Å². The van der Waals surface area contributed by atoms with Crippen molar-refractivity contribution in [3.05, 3.63) is 95.3 Å². The van der Waals surface area contributed by atoms with Crippen molar-refractivity contribution in [3.8, 4) is 0 Å². The highest BCUT2D eigenvalue weighted by Gasteiger charge is 2.21. The van der Waals surface area contributed by atoms with Crippen LogP contribution in [-0.2, 0) is 19.4 Å². The summed E-state index contributed by atoms with van der Waals surface area (Å²) in [6, 6.07) is 20.4. The first-order valence-corrected chi connectivity index (χ1v) is 10.4. The Morgan fingerprint density at radius 1 is 1.03 bits per heavy atom. The molecule has 1 aliphatic heterocycles. The molecule has 5 rings (SSSR count). The maximum atomic E-state index is 12.9. The fourth-order valence-electron chi connectivity index (χ4n) is 4.14. The van der Waals surface area contributed by atoms with Gasteiger partial charge in [-0.15, -0.1) is 0 Å². The predicted octanol–water partition coefficient (Wildman–Crippen LogP) is 4.42. The van der Waals surface area contributed by atoms with Gasteiger partial charge in [-0.25, -0.2) is 4.98 Å². The number of benzene rings is 2. The molecule has 0 spiro atoms. The van der Waals surface area contributed by atoms with Crippen molar-refractivity contribution in [1.82, 2.24) is 14.9 Å². The van der Waals surface area contributed by atoms with E-state index in [1.54, 1.807) is 6.20 Å². The number of aromatic nitrogens is 2. The Bertz CT molecular complexity index is 1180. The van der Waals surface area contributed by atoms with E-state index in [1.807, 2.05) is 29.2 Å². The van der Waals surface area contributed by atoms with Crippen molar-refractivity contribution in [2.75, 3.05) is 18.4 Å². The molecule has 5 nitrogen and oxygen atoms in total. The molecule has 2 aromatic heterocycles. The molecule has 5 heteroatoms. The average Bonchev–Trinajstić information content (AvgIpc) is 3.22. The maximum absolute atomic E-state index is 12.9. The summed E-state index contributed by atoms with van der Waals surface area (Å²) < 4.78 is 0. The average molecular weight is 396 g/mol. The SMILES string of the molecule is O=C(c1ccc(NCCc2c[nH]c3ccccc23)nc1)N1CCc2ccccc2C1. The summed E-state index contributed by atoms with van der Waals surface area (Å²) in [6.07, 6.45) is 5.55. The van der Waals surface area contributed by atoms with Gasteiger partial charge in [0.15, 0.2) is 0 Å². The van der Waals surface area contributed by atoms with Gasteiger partial charge in [0.1, 0.15) is 5.82 Å². The van der Waals surface area contributed by atoms with Gasteiger partial charge >= 0.3 is 0 Å². The molecule has 0 bridgehead atoms. The minimum Gasteiger partial charge on any atom is -0.370 e. The van der Waals surface area contributed by atoms with Crippen LogP contribution in [0.25, 0.3) is 10.9 Å². The van der Waals surface area contributed by atoms with Gasteiger partial charge in [-0.1, -0.05) is 42.5 Å². The third-order valence-electron chi connectivity index (χ3n) is 5.80. The third-order valence-corrected chi connectivity index (χ3v) is 5.80. The van der Waals surface area contributed by atoms with E-state index in [9.17, 15) is 4.79 Å². The van der Waals surface area contributed by atoms with E-state index >= 15 is 0 Å². The summed E-state index contributed by atoms with van der Waals surface area (Å²) in [7, 11) is 0. The first kappa shape index (κ1) is 18.4. The Balaban J connectivity index is 1.19. The molecule has 1 amide bonds. The Morgan fingerprint density at radius 2 is 1.87 bits per heavy atom. The van der Waals surface area contributed by atoms with Crippen LogP contribution in [0.5, 0.6) is 0 Å². The van der Waals surface area contributed by atoms with Crippen LogP contribution >= 0.6 is 0 Å². The Labute approximate surface area is 175 Å². The van der Waals surface area contributed by atoms with Crippen molar-refractivity contribution in [2.45, 2.75) is 19.4 Å². The van der Waals surface area contributed by atoms with Crippen LogP contribution in [0.1, 0.15) is 27.0 Å². The minimum atomic E-state index is 0.0438. The lowest BCUT2D eigenvalue weighted by molar-refractivity contribution is 0.0734. The molecule has 0 fully saturated rings. The van der Waals surface area contributed by atoms with Gasteiger partial charge < -0.3 is 15.2 Å². The number of rotatable bonds is 5. The van der Waals surface area contributed by atoms with Crippen LogP contribution in [0.4, 0.5) is 5.82 Å². The molecule has 2 N–H and O–H groups in total. The first-order valence-electron chi connectivity index (χ1n) is 10.4. The predicted molar refractivity (Wildman–Crippen MR) is 120 cm³/mol. The molecule has 1 aliphatic rings. The van der Waals surface area contributed by atoms with Crippen LogP contribution in [0.2, 0.25) is 0 Å². The number of nitrogens with zero attached hydrogens (tertiary/aromatic N) is 2. The molecular weight excluding hydrogens is 372 g/mol. The molecule has 150 valence electrons. The molecule has 0 unspecified atom stereocenters. The van der Waals surface area contributed by atoms with Crippen molar-refractivity contribution < 1.29 is 4.79 Å². The van der Waals surface area contributed by atoms with E-state index in [4.69, 9.17) is 0 Å². The van der Waals surface area contributed by atoms with Crippen LogP contribution < -0.4 is 5.32 Å². The van der Waals surface area contributed by atoms with E-state index in [0.717, 1.165) is 37.3 Å². The number of amides is 1. The van der Waals surface area contributed by atoms with Crippen LogP contribution in [0.3, 0.4) is 0 Å². The summed E-state index contributed by atoms with van der Waals surface area (Å²) in [5.41, 5.74) is 5.66. The molecule has 0 radical (unpaired) electrons. The number of fused-ring (bicyclic) bond motifs is 2. The van der Waals surface area contributed by atoms with E-state index in [2.05, 4.69) is 57.9 Å². The number of pyridine rings is 1. The molecule has 30 heavy (non-hydrogen) atoms. The molecule has 0 aliphatic carbocycles. The summed E-state index contributed by atoms with van der Waals surface area (Å²) in [6.45, 7) is 2.20. The monoisotopic (exact) mass is 396 g/mol. The molecule has 4 aromatic rings. The lowest BCUT2D eigenvalue weighted by atomic mass is 9.99. The standard InChI is InChI=1S/C25H24N4O/c30-25(29-14-12-18-5-1-2-6-21(18)17-29)20-9-10-24(28-16-20)26-13-11-19-15-27-23-8-4-3-7-22(19)23/h1-10,15-16,27H,11-14,17H2,(H,26,28). The highest BCUT2D eigenvalue weighted by atomic mass is 16.2. The number of H-pyrrole nitrogens is 1. The number of nitrogens with one attached hydrogen (secondary N) is 2. The fourth-order valence-corrected chi connectivity index (χ4v) is 4.14. The first-order chi connectivity index (χ1) is 14.8. The van der Waals surface area contributed by atoms with Gasteiger partial charge in [0.2, 0.25) is 0 Å². The van der Waals surface area contributed by atoms with E-state index < -0.39 is 0 Å². The zero-order chi connectivity index (χ0) is 20.3. The van der Waals surface area contributed by atoms with Crippen molar-refractivity contribution >= 4 is 22.6 Å². The highest BCUT2D eigenvalue weighted by molar-refractivity contribution is 5.94. The van der Waals surface area contributed by atoms with Gasteiger partial charge in [-0.05, 0) is 47.7 Å². The summed E-state index contributed by atoms with van der Waals surface area (Å²) in [5.74, 6) is 0.831. The topological polar surface area (TPSA) is 61.0 Å². The quantitative estimate of drug-likeness (QED) is 0.525. The van der Waals surface area contributed by atoms with E-state index in [-0.39, 0.29) is 5.91 Å². The second kappa shape index (κ2) is 8.03. The van der Waals surface area contributed by atoms with Gasteiger partial charge in [-0.3, -0.25) is 4.79 Å². The molecular formula is C25H24N4O. The van der Waals surface area contributed by atoms with Crippen molar-refractivity contribution in [2.24, 2.45) is 0 Å². The van der Waals surface area contributed by atoms with Gasteiger partial charge in [0.25, 0.3) is 5.91 Å². The zero-order valence-corrected chi connectivity index (χ0v) is 16.8. The maximum Gasteiger partial charge on any atom is 0.255 e. The number of para-hydroxylation sites is 1. The second-order valence-corrected chi connectivity index (χ2v) is 7.71. The number of hydrogen-bond acceptors (Lipinski definition) is 3. The lowest BCUT2D eigenvalue weighted by Crippen LogP contribution is -2.36. The van der Waals surface area contributed by atoms with Crippen molar-refractivity contribution in [3.63, 3.8) is 0 Å². The molecule has 0 saturated carbocycles. The number of carbonyl (C=O) groups excluding carboxylic acids is 1. The zero-order valence-electron chi connectivity index (χ0n) is 16.8. The molecule has 2 aromatic carbocycles. The van der Waals surface area contributed by atoms with Crippen molar-refractivity contribution in [1.29, 1.82) is 0 Å². The van der Waals surface area contributed by atoms with E-state index in [0.29, 0.717) is 12.1 Å².